The third-order valence-electron chi connectivity index (χ3n) is 1.80. The molecule has 0 aliphatic heterocycles. The molecule has 0 aromatic heterocycles. The van der Waals surface area contributed by atoms with E-state index < -0.39 is 21.7 Å². The Labute approximate surface area is 81.0 Å². The Kier molecular flexibility index (Phi) is 3.25. The maximum atomic E-state index is 11.7. The van der Waals surface area contributed by atoms with Crippen LogP contribution in [0.3, 0.4) is 0 Å². The zero-order valence-electron chi connectivity index (χ0n) is 7.48. The summed E-state index contributed by atoms with van der Waals surface area (Å²) in [5.74, 6) is 0.0138. The maximum absolute atomic E-state index is 11.7. The summed E-state index contributed by atoms with van der Waals surface area (Å²) in [5.41, 5.74) is 0. The fraction of sp³-hybridized carbons (Fsp3) is 0.500. The molecule has 3 nitrogen and oxygen atoms in total. The third-order valence-corrected chi connectivity index (χ3v) is 3.25. The molecule has 1 aliphatic carbocycles. The molecular formula is C8H10F2O3S. The van der Waals surface area contributed by atoms with Gasteiger partial charge in [-0.15, -0.1) is 0 Å². The molecule has 6 heteroatoms. The van der Waals surface area contributed by atoms with Crippen LogP contribution in [-0.2, 0) is 14.6 Å². The smallest absolute Gasteiger partial charge is 0.387 e. The predicted octanol–water partition coefficient (Wildman–Crippen LogP) is 1.48. The van der Waals surface area contributed by atoms with Crippen LogP contribution in [0.15, 0.2) is 24.0 Å². The molecule has 0 bridgehead atoms. The van der Waals surface area contributed by atoms with Crippen LogP contribution in [0.25, 0.3) is 0 Å². The highest BCUT2D eigenvalue weighted by molar-refractivity contribution is 7.91. The first kappa shape index (κ1) is 11.2. The van der Waals surface area contributed by atoms with E-state index in [4.69, 9.17) is 0 Å². The quantitative estimate of drug-likeness (QED) is 0.729. The molecule has 1 rings (SSSR count). The van der Waals surface area contributed by atoms with Crippen molar-refractivity contribution in [1.29, 1.82) is 0 Å². The van der Waals surface area contributed by atoms with Gasteiger partial charge in [0.2, 0.25) is 0 Å². The molecule has 80 valence electrons. The predicted molar refractivity (Wildman–Crippen MR) is 47.6 cm³/mol. The van der Waals surface area contributed by atoms with Crippen molar-refractivity contribution in [2.45, 2.75) is 18.3 Å². The second kappa shape index (κ2) is 4.08. The summed E-state index contributed by atoms with van der Waals surface area (Å²) in [6.45, 7) is -2.87. The Hall–Kier alpha value is -0.910. The molecule has 0 N–H and O–H groups in total. The van der Waals surface area contributed by atoms with Crippen LogP contribution >= 0.6 is 0 Å². The first-order valence-corrected chi connectivity index (χ1v) is 5.87. The highest BCUT2D eigenvalue weighted by atomic mass is 32.2. The molecule has 0 aromatic rings. The van der Waals surface area contributed by atoms with Crippen molar-refractivity contribution in [1.82, 2.24) is 0 Å². The minimum Gasteiger partial charge on any atom is -0.435 e. The SMILES string of the molecule is CS(=O)(=O)C1C=CC(OC(F)F)=CC1. The van der Waals surface area contributed by atoms with Gasteiger partial charge in [0.15, 0.2) is 9.84 Å². The van der Waals surface area contributed by atoms with Gasteiger partial charge in [0.1, 0.15) is 5.76 Å². The molecule has 0 heterocycles. The molecule has 0 fully saturated rings. The van der Waals surface area contributed by atoms with Gasteiger partial charge >= 0.3 is 6.61 Å². The van der Waals surface area contributed by atoms with E-state index in [1.807, 2.05) is 0 Å². The van der Waals surface area contributed by atoms with Crippen molar-refractivity contribution < 1.29 is 21.9 Å². The minimum atomic E-state index is -3.15. The largest absolute Gasteiger partial charge is 0.435 e. The van der Waals surface area contributed by atoms with E-state index in [9.17, 15) is 17.2 Å². The number of halogens is 2. The summed E-state index contributed by atoms with van der Waals surface area (Å²) >= 11 is 0. The zero-order chi connectivity index (χ0) is 10.8. The van der Waals surface area contributed by atoms with Crippen molar-refractivity contribution in [3.05, 3.63) is 24.0 Å². The number of allylic oxidation sites excluding steroid dienone is 2. The highest BCUT2D eigenvalue weighted by Gasteiger charge is 2.20. The Morgan fingerprint density at radius 3 is 2.57 bits per heavy atom. The normalized spacial score (nSPS) is 22.3. The van der Waals surface area contributed by atoms with Gasteiger partial charge in [-0.2, -0.15) is 8.78 Å². The van der Waals surface area contributed by atoms with Crippen LogP contribution < -0.4 is 0 Å². The van der Waals surface area contributed by atoms with Gasteiger partial charge in [-0.05, 0) is 18.6 Å². The summed E-state index contributed by atoms with van der Waals surface area (Å²) in [7, 11) is -3.15. The number of hydrogen-bond donors (Lipinski definition) is 0. The summed E-state index contributed by atoms with van der Waals surface area (Å²) in [4.78, 5) is 0. The van der Waals surface area contributed by atoms with E-state index in [1.54, 1.807) is 0 Å². The highest BCUT2D eigenvalue weighted by Crippen LogP contribution is 2.18. The maximum Gasteiger partial charge on any atom is 0.387 e. The summed E-state index contributed by atoms with van der Waals surface area (Å²) in [5, 5.41) is -0.632. The van der Waals surface area contributed by atoms with Gasteiger partial charge < -0.3 is 4.74 Å². The number of ether oxygens (including phenoxy) is 1. The Balaban J connectivity index is 2.62. The Morgan fingerprint density at radius 1 is 1.57 bits per heavy atom. The summed E-state index contributed by atoms with van der Waals surface area (Å²) in [6.07, 6.45) is 5.23. The third kappa shape index (κ3) is 3.10. The number of sulfone groups is 1. The van der Waals surface area contributed by atoms with Crippen molar-refractivity contribution in [2.75, 3.05) is 6.26 Å². The molecule has 0 spiro atoms. The van der Waals surface area contributed by atoms with Crippen LogP contribution in [0.1, 0.15) is 6.42 Å². The van der Waals surface area contributed by atoms with Gasteiger partial charge in [0.05, 0.1) is 5.25 Å². The van der Waals surface area contributed by atoms with Crippen LogP contribution in [0.5, 0.6) is 0 Å². The first-order chi connectivity index (χ1) is 6.39. The number of alkyl halides is 2. The van der Waals surface area contributed by atoms with Crippen molar-refractivity contribution >= 4 is 9.84 Å². The standard InChI is InChI=1S/C8H10F2O3S/c1-14(11,12)7-4-2-6(3-5-7)13-8(9)10/h2-4,7-8H,5H2,1H3. The summed E-state index contributed by atoms with van der Waals surface area (Å²) < 4.78 is 49.7. The molecule has 0 amide bonds. The second-order valence-corrected chi connectivity index (χ2v) is 5.21. The lowest BCUT2D eigenvalue weighted by molar-refractivity contribution is -0.0924. The van der Waals surface area contributed by atoms with Crippen LogP contribution in [0, 0.1) is 0 Å². The molecule has 1 atom stereocenters. The molecule has 0 saturated carbocycles. The van der Waals surface area contributed by atoms with Gasteiger partial charge in [-0.1, -0.05) is 6.08 Å². The van der Waals surface area contributed by atoms with Gasteiger partial charge in [-0.25, -0.2) is 8.42 Å². The average molecular weight is 224 g/mol. The summed E-state index contributed by atoms with van der Waals surface area (Å²) in [6, 6.07) is 0. The Bertz CT molecular complexity index is 357. The van der Waals surface area contributed by atoms with E-state index in [0.29, 0.717) is 0 Å². The lowest BCUT2D eigenvalue weighted by Gasteiger charge is -2.14. The van der Waals surface area contributed by atoms with E-state index in [2.05, 4.69) is 4.74 Å². The molecular weight excluding hydrogens is 214 g/mol. The van der Waals surface area contributed by atoms with Crippen LogP contribution in [0.4, 0.5) is 8.78 Å². The number of rotatable bonds is 3. The first-order valence-electron chi connectivity index (χ1n) is 3.91. The lowest BCUT2D eigenvalue weighted by atomic mass is 10.2. The van der Waals surface area contributed by atoms with Gasteiger partial charge in [-0.3, -0.25) is 0 Å². The lowest BCUT2D eigenvalue weighted by Crippen LogP contribution is -2.18. The molecule has 1 aliphatic rings. The van der Waals surface area contributed by atoms with E-state index >= 15 is 0 Å². The minimum absolute atomic E-state index is 0.0138. The van der Waals surface area contributed by atoms with E-state index in [1.165, 1.54) is 18.2 Å². The van der Waals surface area contributed by atoms with Crippen molar-refractivity contribution in [2.24, 2.45) is 0 Å². The topological polar surface area (TPSA) is 43.4 Å². The van der Waals surface area contributed by atoms with Crippen molar-refractivity contribution in [3.8, 4) is 0 Å². The Morgan fingerprint density at radius 2 is 2.21 bits per heavy atom. The zero-order valence-corrected chi connectivity index (χ0v) is 8.30. The molecule has 0 radical (unpaired) electrons. The average Bonchev–Trinajstić information content (AvgIpc) is 2.02. The molecule has 1 unspecified atom stereocenters. The van der Waals surface area contributed by atoms with E-state index in [-0.39, 0.29) is 12.2 Å². The molecule has 0 aromatic carbocycles. The van der Waals surface area contributed by atoms with Gasteiger partial charge in [0.25, 0.3) is 0 Å². The second-order valence-electron chi connectivity index (χ2n) is 2.95. The molecule has 14 heavy (non-hydrogen) atoms. The van der Waals surface area contributed by atoms with Gasteiger partial charge in [0, 0.05) is 6.26 Å². The van der Waals surface area contributed by atoms with Crippen LogP contribution in [-0.4, -0.2) is 26.5 Å². The fourth-order valence-electron chi connectivity index (χ4n) is 1.09. The monoisotopic (exact) mass is 224 g/mol. The van der Waals surface area contributed by atoms with Crippen molar-refractivity contribution in [3.63, 3.8) is 0 Å². The molecule has 0 saturated heterocycles. The number of hydrogen-bond acceptors (Lipinski definition) is 3. The van der Waals surface area contributed by atoms with Crippen LogP contribution in [0.2, 0.25) is 0 Å². The van der Waals surface area contributed by atoms with E-state index in [0.717, 1.165) is 6.26 Å². The fourth-order valence-corrected chi connectivity index (χ4v) is 1.90.